The number of nitrogens with zero attached hydrogens (tertiary/aromatic N) is 1. The van der Waals surface area contributed by atoms with Gasteiger partial charge in [0.05, 0.1) is 16.1 Å². The standard InChI is InChI=1S/C18H17ClN2O2S/c1-13-6-10-16(11-7-13)24(22,23)21-20-12-15-9-8-14-4-2-3-5-17(14)18(15)19/h2-7,10-12,21H,8-9H2,1H3/b20-12-. The summed E-state index contributed by atoms with van der Waals surface area (Å²) in [5.41, 5.74) is 3.99. The molecule has 0 aliphatic heterocycles. The summed E-state index contributed by atoms with van der Waals surface area (Å²) < 4.78 is 24.4. The zero-order chi connectivity index (χ0) is 17.2. The molecule has 0 fully saturated rings. The molecule has 4 nitrogen and oxygen atoms in total. The first-order valence-corrected chi connectivity index (χ1v) is 9.42. The van der Waals surface area contributed by atoms with Crippen LogP contribution in [0, 0.1) is 6.92 Å². The van der Waals surface area contributed by atoms with Crippen LogP contribution in [0.1, 0.15) is 23.1 Å². The lowest BCUT2D eigenvalue weighted by Crippen LogP contribution is -2.18. The summed E-state index contributed by atoms with van der Waals surface area (Å²) >= 11 is 6.41. The van der Waals surface area contributed by atoms with Crippen LogP contribution in [0.2, 0.25) is 0 Å². The van der Waals surface area contributed by atoms with Gasteiger partial charge in [-0.1, -0.05) is 53.6 Å². The number of hydrazone groups is 1. The van der Waals surface area contributed by atoms with E-state index < -0.39 is 10.0 Å². The number of hydrogen-bond acceptors (Lipinski definition) is 3. The Bertz CT molecular complexity index is 916. The molecule has 24 heavy (non-hydrogen) atoms. The summed E-state index contributed by atoms with van der Waals surface area (Å²) in [6.45, 7) is 1.90. The first-order valence-electron chi connectivity index (χ1n) is 7.56. The van der Waals surface area contributed by atoms with Crippen LogP contribution in [0.3, 0.4) is 0 Å². The van der Waals surface area contributed by atoms with E-state index >= 15 is 0 Å². The van der Waals surface area contributed by atoms with Gasteiger partial charge in [-0.05, 0) is 48.6 Å². The average Bonchev–Trinajstić information content (AvgIpc) is 2.57. The van der Waals surface area contributed by atoms with Crippen molar-refractivity contribution in [3.05, 3.63) is 70.8 Å². The Balaban J connectivity index is 1.78. The van der Waals surface area contributed by atoms with Crippen LogP contribution in [0.15, 0.2) is 64.1 Å². The molecule has 2 aromatic rings. The Kier molecular flexibility index (Phi) is 4.73. The normalized spacial score (nSPS) is 14.8. The number of aryl methyl sites for hydroxylation is 2. The van der Waals surface area contributed by atoms with Crippen LogP contribution in [0.4, 0.5) is 0 Å². The van der Waals surface area contributed by atoms with Crippen LogP contribution < -0.4 is 4.83 Å². The minimum Gasteiger partial charge on any atom is -0.200 e. The molecular formula is C18H17ClN2O2S. The number of rotatable bonds is 4. The van der Waals surface area contributed by atoms with Gasteiger partial charge in [-0.15, -0.1) is 0 Å². The molecule has 0 atom stereocenters. The van der Waals surface area contributed by atoms with Crippen LogP contribution in [-0.4, -0.2) is 14.6 Å². The van der Waals surface area contributed by atoms with Crippen LogP contribution >= 0.6 is 11.6 Å². The number of halogens is 1. The molecule has 6 heteroatoms. The molecule has 1 N–H and O–H groups in total. The lowest BCUT2D eigenvalue weighted by Gasteiger charge is -2.17. The molecule has 1 aliphatic carbocycles. The fraction of sp³-hybridized carbons (Fsp3) is 0.167. The van der Waals surface area contributed by atoms with Gasteiger partial charge in [0.15, 0.2) is 0 Å². The number of benzene rings is 2. The Morgan fingerprint density at radius 1 is 1.08 bits per heavy atom. The van der Waals surface area contributed by atoms with E-state index in [1.165, 1.54) is 11.8 Å². The van der Waals surface area contributed by atoms with Crippen molar-refractivity contribution in [3.8, 4) is 0 Å². The number of fused-ring (bicyclic) bond motifs is 1. The number of allylic oxidation sites excluding steroid dienone is 1. The fourth-order valence-electron chi connectivity index (χ4n) is 2.57. The van der Waals surface area contributed by atoms with E-state index in [4.69, 9.17) is 11.6 Å². The van der Waals surface area contributed by atoms with E-state index in [0.29, 0.717) is 5.03 Å². The zero-order valence-corrected chi connectivity index (χ0v) is 14.7. The van der Waals surface area contributed by atoms with Gasteiger partial charge in [-0.2, -0.15) is 13.5 Å². The highest BCUT2D eigenvalue weighted by Gasteiger charge is 2.16. The van der Waals surface area contributed by atoms with Crippen molar-refractivity contribution >= 4 is 32.9 Å². The molecule has 0 saturated carbocycles. The molecule has 0 aromatic heterocycles. The van der Waals surface area contributed by atoms with E-state index in [1.54, 1.807) is 24.3 Å². The lowest BCUT2D eigenvalue weighted by atomic mass is 9.92. The second-order valence-corrected chi connectivity index (χ2v) is 7.70. The van der Waals surface area contributed by atoms with Gasteiger partial charge in [-0.25, -0.2) is 4.83 Å². The van der Waals surface area contributed by atoms with Gasteiger partial charge in [0.2, 0.25) is 0 Å². The van der Waals surface area contributed by atoms with Gasteiger partial charge < -0.3 is 0 Å². The van der Waals surface area contributed by atoms with Crippen molar-refractivity contribution in [2.75, 3.05) is 0 Å². The van der Waals surface area contributed by atoms with E-state index in [-0.39, 0.29) is 4.90 Å². The minimum atomic E-state index is -3.67. The van der Waals surface area contributed by atoms with E-state index in [1.807, 2.05) is 31.2 Å². The summed E-state index contributed by atoms with van der Waals surface area (Å²) in [5.74, 6) is 0. The first kappa shape index (κ1) is 16.7. The summed E-state index contributed by atoms with van der Waals surface area (Å²) in [6.07, 6.45) is 3.08. The predicted molar refractivity (Wildman–Crippen MR) is 97.5 cm³/mol. The maximum atomic E-state index is 12.2. The molecule has 0 bridgehead atoms. The SMILES string of the molecule is Cc1ccc(S(=O)(=O)N/N=C\C2=C(Cl)c3ccccc3CC2)cc1. The lowest BCUT2D eigenvalue weighted by molar-refractivity contribution is 0.584. The second kappa shape index (κ2) is 6.79. The van der Waals surface area contributed by atoms with Gasteiger partial charge in [0.1, 0.15) is 0 Å². The highest BCUT2D eigenvalue weighted by atomic mass is 35.5. The Morgan fingerprint density at radius 3 is 2.54 bits per heavy atom. The molecule has 124 valence electrons. The van der Waals surface area contributed by atoms with Crippen molar-refractivity contribution < 1.29 is 8.42 Å². The third-order valence-electron chi connectivity index (χ3n) is 3.92. The Labute approximate surface area is 146 Å². The predicted octanol–water partition coefficient (Wildman–Crippen LogP) is 3.86. The topological polar surface area (TPSA) is 58.5 Å². The maximum Gasteiger partial charge on any atom is 0.276 e. The molecular weight excluding hydrogens is 344 g/mol. The average molecular weight is 361 g/mol. The number of sulfonamides is 1. The highest BCUT2D eigenvalue weighted by Crippen LogP contribution is 2.32. The monoisotopic (exact) mass is 360 g/mol. The minimum absolute atomic E-state index is 0.180. The van der Waals surface area contributed by atoms with Gasteiger partial charge in [0, 0.05) is 0 Å². The maximum absolute atomic E-state index is 12.2. The summed E-state index contributed by atoms with van der Waals surface area (Å²) in [4.78, 5) is 2.42. The van der Waals surface area contributed by atoms with Crippen molar-refractivity contribution in [2.45, 2.75) is 24.7 Å². The summed E-state index contributed by atoms with van der Waals surface area (Å²) in [7, 11) is -3.67. The zero-order valence-electron chi connectivity index (χ0n) is 13.2. The number of nitrogens with one attached hydrogen (secondary N) is 1. The second-order valence-electron chi connectivity index (χ2n) is 5.66. The quantitative estimate of drug-likeness (QED) is 0.665. The largest absolute Gasteiger partial charge is 0.276 e. The first-order chi connectivity index (χ1) is 11.5. The summed E-state index contributed by atoms with van der Waals surface area (Å²) in [6, 6.07) is 14.5. The molecule has 1 aliphatic rings. The van der Waals surface area contributed by atoms with Gasteiger partial charge in [-0.3, -0.25) is 0 Å². The molecule has 0 spiro atoms. The number of hydrogen-bond donors (Lipinski definition) is 1. The molecule has 0 amide bonds. The van der Waals surface area contributed by atoms with Crippen LogP contribution in [0.5, 0.6) is 0 Å². The van der Waals surface area contributed by atoms with Gasteiger partial charge >= 0.3 is 0 Å². The van der Waals surface area contributed by atoms with Crippen molar-refractivity contribution in [1.82, 2.24) is 4.83 Å². The Hall–Kier alpha value is -2.11. The van der Waals surface area contributed by atoms with Crippen molar-refractivity contribution in [2.24, 2.45) is 5.10 Å². The highest BCUT2D eigenvalue weighted by molar-refractivity contribution is 7.89. The third kappa shape index (κ3) is 3.52. The fourth-order valence-corrected chi connectivity index (χ4v) is 3.69. The Morgan fingerprint density at radius 2 is 1.79 bits per heavy atom. The molecule has 0 saturated heterocycles. The molecule has 2 aromatic carbocycles. The van der Waals surface area contributed by atoms with E-state index in [2.05, 4.69) is 9.93 Å². The smallest absolute Gasteiger partial charge is 0.200 e. The third-order valence-corrected chi connectivity index (χ3v) is 5.61. The van der Waals surface area contributed by atoms with Crippen LogP contribution in [-0.2, 0) is 16.4 Å². The van der Waals surface area contributed by atoms with Crippen molar-refractivity contribution in [1.29, 1.82) is 0 Å². The molecule has 0 heterocycles. The van der Waals surface area contributed by atoms with Gasteiger partial charge in [0.25, 0.3) is 10.0 Å². The van der Waals surface area contributed by atoms with E-state index in [9.17, 15) is 8.42 Å². The van der Waals surface area contributed by atoms with E-state index in [0.717, 1.165) is 29.5 Å². The van der Waals surface area contributed by atoms with Crippen LogP contribution in [0.25, 0.3) is 5.03 Å². The summed E-state index contributed by atoms with van der Waals surface area (Å²) in [5, 5.41) is 4.50. The molecule has 3 rings (SSSR count). The van der Waals surface area contributed by atoms with Crippen molar-refractivity contribution in [3.63, 3.8) is 0 Å². The molecule has 0 radical (unpaired) electrons. The molecule has 0 unspecified atom stereocenters.